The van der Waals surface area contributed by atoms with Crippen LogP contribution in [0.5, 0.6) is 0 Å². The summed E-state index contributed by atoms with van der Waals surface area (Å²) in [6.07, 6.45) is 1.31. The molecule has 0 radical (unpaired) electrons. The summed E-state index contributed by atoms with van der Waals surface area (Å²) in [5.41, 5.74) is -0.292. The smallest absolute Gasteiger partial charge is 0.264 e. The molecule has 0 aliphatic carbocycles. The van der Waals surface area contributed by atoms with Crippen LogP contribution in [0, 0.1) is 23.0 Å². The number of hydrogen-bond donors (Lipinski definition) is 1. The van der Waals surface area contributed by atoms with Gasteiger partial charge in [0.05, 0.1) is 5.69 Å². The Morgan fingerprint density at radius 2 is 2.00 bits per heavy atom. The predicted octanol–water partition coefficient (Wildman–Crippen LogP) is 2.79. The van der Waals surface area contributed by atoms with E-state index < -0.39 is 26.6 Å². The number of sulfonamides is 1. The highest BCUT2D eigenvalue weighted by Gasteiger charge is 2.21. The van der Waals surface area contributed by atoms with Crippen LogP contribution in [0.4, 0.5) is 14.5 Å². The van der Waals surface area contributed by atoms with Crippen LogP contribution in [-0.4, -0.2) is 13.4 Å². The number of anilines is 1. The number of aromatic nitrogens is 1. The maximum Gasteiger partial charge on any atom is 0.264 e. The number of benzene rings is 1. The van der Waals surface area contributed by atoms with Crippen molar-refractivity contribution in [2.75, 3.05) is 4.72 Å². The van der Waals surface area contributed by atoms with Crippen molar-refractivity contribution < 1.29 is 17.2 Å². The zero-order chi connectivity index (χ0) is 15.6. The number of hydrogen-bond acceptors (Lipinski definition) is 4. The molecule has 5 nitrogen and oxygen atoms in total. The Morgan fingerprint density at radius 1 is 1.29 bits per heavy atom. The molecule has 1 aromatic heterocycles. The number of nitrogens with zero attached hydrogens (tertiary/aromatic N) is 2. The topological polar surface area (TPSA) is 82.8 Å². The Bertz CT molecular complexity index is 850. The Morgan fingerprint density at radius 3 is 2.62 bits per heavy atom. The minimum absolute atomic E-state index is 0.115. The molecule has 0 amide bonds. The van der Waals surface area contributed by atoms with E-state index in [1.54, 1.807) is 6.07 Å². The lowest BCUT2D eigenvalue weighted by atomic mass is 10.3. The van der Waals surface area contributed by atoms with Crippen LogP contribution in [-0.2, 0) is 10.0 Å². The van der Waals surface area contributed by atoms with Crippen molar-refractivity contribution in [3.63, 3.8) is 0 Å². The third-order valence-electron chi connectivity index (χ3n) is 2.39. The first kappa shape index (κ1) is 15.3. The van der Waals surface area contributed by atoms with E-state index in [9.17, 15) is 17.2 Å². The van der Waals surface area contributed by atoms with E-state index in [0.717, 1.165) is 12.1 Å². The Kier molecular flexibility index (Phi) is 4.20. The molecule has 0 spiro atoms. The summed E-state index contributed by atoms with van der Waals surface area (Å²) >= 11 is 3.08. The van der Waals surface area contributed by atoms with E-state index in [0.29, 0.717) is 10.5 Å². The summed E-state index contributed by atoms with van der Waals surface area (Å²) in [6, 6.07) is 5.09. The number of nitrogens with one attached hydrogen (secondary N) is 1. The van der Waals surface area contributed by atoms with Gasteiger partial charge in [-0.25, -0.2) is 22.2 Å². The second-order valence-corrected chi connectivity index (χ2v) is 6.41. The normalized spacial score (nSPS) is 11.0. The molecule has 0 aliphatic rings. The zero-order valence-electron chi connectivity index (χ0n) is 10.1. The highest BCUT2D eigenvalue weighted by molar-refractivity contribution is 9.10. The molecule has 0 aliphatic heterocycles. The van der Waals surface area contributed by atoms with Gasteiger partial charge in [-0.3, -0.25) is 4.72 Å². The van der Waals surface area contributed by atoms with Crippen molar-refractivity contribution in [2.24, 2.45) is 0 Å². The van der Waals surface area contributed by atoms with Gasteiger partial charge in [0.1, 0.15) is 22.6 Å². The van der Waals surface area contributed by atoms with Crippen LogP contribution in [0.15, 0.2) is 39.8 Å². The first-order chi connectivity index (χ1) is 9.83. The molecule has 0 saturated carbocycles. The largest absolute Gasteiger partial charge is 0.277 e. The van der Waals surface area contributed by atoms with Gasteiger partial charge in [0.25, 0.3) is 10.0 Å². The summed E-state index contributed by atoms with van der Waals surface area (Å²) in [5.74, 6) is -2.13. The molecule has 9 heteroatoms. The highest BCUT2D eigenvalue weighted by Crippen LogP contribution is 2.23. The first-order valence-corrected chi connectivity index (χ1v) is 7.64. The van der Waals surface area contributed by atoms with E-state index in [4.69, 9.17) is 5.26 Å². The average molecular weight is 374 g/mol. The molecule has 0 fully saturated rings. The number of pyridine rings is 1. The Hall–Kier alpha value is -2.05. The molecule has 0 atom stereocenters. The number of rotatable bonds is 3. The SMILES string of the molecule is N#Cc1ncc(Br)cc1NS(=O)(=O)c1ccc(F)cc1F. The van der Waals surface area contributed by atoms with E-state index in [1.807, 2.05) is 4.72 Å². The minimum atomic E-state index is -4.31. The third kappa shape index (κ3) is 3.34. The van der Waals surface area contributed by atoms with Gasteiger partial charge in [0.2, 0.25) is 0 Å². The molecule has 1 heterocycles. The second-order valence-electron chi connectivity index (χ2n) is 3.84. The van der Waals surface area contributed by atoms with E-state index in [1.165, 1.54) is 12.3 Å². The van der Waals surface area contributed by atoms with Gasteiger partial charge >= 0.3 is 0 Å². The molecule has 1 N–H and O–H groups in total. The fourth-order valence-corrected chi connectivity index (χ4v) is 2.95. The Balaban J connectivity index is 2.47. The lowest BCUT2D eigenvalue weighted by Gasteiger charge is -2.10. The number of nitriles is 1. The summed E-state index contributed by atoms with van der Waals surface area (Å²) in [6.45, 7) is 0. The van der Waals surface area contributed by atoms with E-state index >= 15 is 0 Å². The molecular weight excluding hydrogens is 368 g/mol. The molecule has 108 valence electrons. The van der Waals surface area contributed by atoms with Crippen LogP contribution < -0.4 is 4.72 Å². The molecule has 0 unspecified atom stereocenters. The van der Waals surface area contributed by atoms with Crippen LogP contribution in [0.1, 0.15) is 5.69 Å². The fraction of sp³-hybridized carbons (Fsp3) is 0. The highest BCUT2D eigenvalue weighted by atomic mass is 79.9. The standard InChI is InChI=1S/C12H6BrF2N3O2S/c13-7-3-10(11(5-16)17-6-7)18-21(19,20)12-2-1-8(14)4-9(12)15/h1-4,6,18H. The maximum absolute atomic E-state index is 13.6. The van der Waals surface area contributed by atoms with Gasteiger partial charge < -0.3 is 0 Å². The van der Waals surface area contributed by atoms with Gasteiger partial charge in [0.15, 0.2) is 5.69 Å². The molecule has 1 aromatic carbocycles. The van der Waals surface area contributed by atoms with Crippen LogP contribution in [0.3, 0.4) is 0 Å². The van der Waals surface area contributed by atoms with E-state index in [2.05, 4.69) is 20.9 Å². The Labute approximate surface area is 127 Å². The lowest BCUT2D eigenvalue weighted by molar-refractivity contribution is 0.551. The van der Waals surface area contributed by atoms with Crippen molar-refractivity contribution >= 4 is 31.6 Å². The lowest BCUT2D eigenvalue weighted by Crippen LogP contribution is -2.16. The molecule has 0 bridgehead atoms. The molecule has 2 aromatic rings. The van der Waals surface area contributed by atoms with Crippen molar-refractivity contribution in [2.45, 2.75) is 4.90 Å². The number of halogens is 3. The quantitative estimate of drug-likeness (QED) is 0.896. The summed E-state index contributed by atoms with van der Waals surface area (Å²) in [4.78, 5) is 2.99. The van der Waals surface area contributed by atoms with Crippen molar-refractivity contribution in [1.29, 1.82) is 5.26 Å². The average Bonchev–Trinajstić information content (AvgIpc) is 2.37. The fourth-order valence-electron chi connectivity index (χ4n) is 1.50. The minimum Gasteiger partial charge on any atom is -0.277 e. The first-order valence-electron chi connectivity index (χ1n) is 5.37. The van der Waals surface area contributed by atoms with Gasteiger partial charge in [0, 0.05) is 16.7 Å². The van der Waals surface area contributed by atoms with Crippen LogP contribution in [0.2, 0.25) is 0 Å². The van der Waals surface area contributed by atoms with Gasteiger partial charge in [-0.2, -0.15) is 5.26 Å². The molecular formula is C12H6BrF2N3O2S. The van der Waals surface area contributed by atoms with Crippen molar-refractivity contribution in [1.82, 2.24) is 4.98 Å². The van der Waals surface area contributed by atoms with Gasteiger partial charge in [-0.15, -0.1) is 0 Å². The zero-order valence-corrected chi connectivity index (χ0v) is 12.5. The molecule has 0 saturated heterocycles. The summed E-state index contributed by atoms with van der Waals surface area (Å²) in [7, 11) is -4.31. The third-order valence-corrected chi connectivity index (χ3v) is 4.22. The van der Waals surface area contributed by atoms with Crippen molar-refractivity contribution in [3.8, 4) is 6.07 Å². The monoisotopic (exact) mass is 373 g/mol. The van der Waals surface area contributed by atoms with E-state index in [-0.39, 0.29) is 11.4 Å². The predicted molar refractivity (Wildman–Crippen MR) is 73.8 cm³/mol. The summed E-state index contributed by atoms with van der Waals surface area (Å²) < 4.78 is 53.0. The molecule has 2 rings (SSSR count). The van der Waals surface area contributed by atoms with Crippen molar-refractivity contribution in [3.05, 3.63) is 52.3 Å². The maximum atomic E-state index is 13.6. The summed E-state index contributed by atoms with van der Waals surface area (Å²) in [5, 5.41) is 8.88. The van der Waals surface area contributed by atoms with Gasteiger partial charge in [-0.1, -0.05) is 0 Å². The second kappa shape index (κ2) is 5.75. The van der Waals surface area contributed by atoms with Crippen LogP contribution in [0.25, 0.3) is 0 Å². The van der Waals surface area contributed by atoms with Gasteiger partial charge in [-0.05, 0) is 34.1 Å². The molecule has 21 heavy (non-hydrogen) atoms. The van der Waals surface area contributed by atoms with Crippen LogP contribution >= 0.6 is 15.9 Å².